The van der Waals surface area contributed by atoms with E-state index in [-0.39, 0.29) is 11.1 Å². The number of rotatable bonds is 5. The molecule has 3 rings (SSSR count). The fraction of sp³-hybridized carbons (Fsp3) is 0.130. The van der Waals surface area contributed by atoms with Crippen LogP contribution in [0, 0.1) is 5.82 Å². The highest BCUT2D eigenvalue weighted by Crippen LogP contribution is 2.20. The summed E-state index contributed by atoms with van der Waals surface area (Å²) in [5, 5.41) is 9.61. The van der Waals surface area contributed by atoms with E-state index in [9.17, 15) is 9.18 Å². The van der Waals surface area contributed by atoms with Gasteiger partial charge in [0.15, 0.2) is 5.11 Å². The quantitative estimate of drug-likeness (QED) is 0.503. The number of anilines is 2. The fourth-order valence-corrected chi connectivity index (χ4v) is 3.23. The Morgan fingerprint density at radius 1 is 0.828 bits per heavy atom. The molecule has 148 valence electrons. The summed E-state index contributed by atoms with van der Waals surface area (Å²) in [6.45, 7) is 4.11. The number of halogens is 1. The number of benzene rings is 3. The van der Waals surface area contributed by atoms with Crippen LogP contribution in [0.2, 0.25) is 0 Å². The average Bonchev–Trinajstić information content (AvgIpc) is 2.70. The normalized spacial score (nSPS) is 10.9. The minimum absolute atomic E-state index is 0.00298. The van der Waals surface area contributed by atoms with E-state index in [1.54, 1.807) is 36.4 Å². The predicted molar refractivity (Wildman–Crippen MR) is 120 cm³/mol. The largest absolute Gasteiger partial charge is 0.353 e. The van der Waals surface area contributed by atoms with E-state index in [1.165, 1.54) is 12.1 Å². The highest BCUT2D eigenvalue weighted by atomic mass is 32.1. The third-order valence-corrected chi connectivity index (χ3v) is 4.64. The van der Waals surface area contributed by atoms with Gasteiger partial charge in [0.2, 0.25) is 0 Å². The van der Waals surface area contributed by atoms with Gasteiger partial charge in [-0.05, 0) is 68.0 Å². The van der Waals surface area contributed by atoms with Crippen LogP contribution in [-0.2, 0) is 5.54 Å². The minimum Gasteiger partial charge on any atom is -0.353 e. The van der Waals surface area contributed by atoms with Crippen LogP contribution >= 0.6 is 12.2 Å². The van der Waals surface area contributed by atoms with Gasteiger partial charge in [0.1, 0.15) is 5.82 Å². The van der Waals surface area contributed by atoms with Crippen LogP contribution in [0.1, 0.15) is 29.8 Å². The second-order valence-electron chi connectivity index (χ2n) is 7.08. The first-order valence-electron chi connectivity index (χ1n) is 9.16. The molecule has 0 saturated heterocycles. The number of carbonyl (C=O) groups is 1. The van der Waals surface area contributed by atoms with Crippen molar-refractivity contribution in [3.05, 3.63) is 95.8 Å². The van der Waals surface area contributed by atoms with Crippen LogP contribution in [-0.4, -0.2) is 11.0 Å². The van der Waals surface area contributed by atoms with E-state index < -0.39 is 11.7 Å². The molecule has 0 radical (unpaired) electrons. The Morgan fingerprint density at radius 2 is 1.38 bits per heavy atom. The standard InChI is InChI=1S/C23H22FN3OS/c1-23(2,16-8-4-3-5-9-16)27-22(29)26-18-14-12-17(13-15-18)25-21(28)19-10-6-7-11-20(19)24/h3-15H,1-2H3,(H,25,28)(H2,26,27,29). The molecule has 6 heteroatoms. The average molecular weight is 408 g/mol. The lowest BCUT2D eigenvalue weighted by Crippen LogP contribution is -2.43. The summed E-state index contributed by atoms with van der Waals surface area (Å²) < 4.78 is 13.7. The Morgan fingerprint density at radius 3 is 2.00 bits per heavy atom. The third kappa shape index (κ3) is 5.39. The van der Waals surface area contributed by atoms with Crippen LogP contribution in [0.5, 0.6) is 0 Å². The van der Waals surface area contributed by atoms with Crippen LogP contribution in [0.15, 0.2) is 78.9 Å². The second-order valence-corrected chi connectivity index (χ2v) is 7.49. The van der Waals surface area contributed by atoms with Crippen LogP contribution in [0.3, 0.4) is 0 Å². The van der Waals surface area contributed by atoms with Crippen molar-refractivity contribution in [2.45, 2.75) is 19.4 Å². The van der Waals surface area contributed by atoms with Gasteiger partial charge in [-0.15, -0.1) is 0 Å². The van der Waals surface area contributed by atoms with Gasteiger partial charge in [-0.3, -0.25) is 4.79 Å². The zero-order valence-corrected chi connectivity index (χ0v) is 17.0. The molecule has 0 bridgehead atoms. The lowest BCUT2D eigenvalue weighted by atomic mass is 9.95. The molecule has 0 heterocycles. The van der Waals surface area contributed by atoms with E-state index in [4.69, 9.17) is 12.2 Å². The van der Waals surface area contributed by atoms with Crippen molar-refractivity contribution in [1.29, 1.82) is 0 Å². The van der Waals surface area contributed by atoms with Crippen LogP contribution in [0.4, 0.5) is 15.8 Å². The maximum absolute atomic E-state index is 13.7. The zero-order valence-electron chi connectivity index (χ0n) is 16.2. The highest BCUT2D eigenvalue weighted by Gasteiger charge is 2.20. The summed E-state index contributed by atoms with van der Waals surface area (Å²) in [6.07, 6.45) is 0. The number of nitrogens with one attached hydrogen (secondary N) is 3. The molecule has 0 fully saturated rings. The summed E-state index contributed by atoms with van der Waals surface area (Å²) in [7, 11) is 0. The summed E-state index contributed by atoms with van der Waals surface area (Å²) in [6, 6.07) is 22.9. The Hall–Kier alpha value is -3.25. The second kappa shape index (κ2) is 8.84. The van der Waals surface area contributed by atoms with Crippen LogP contribution < -0.4 is 16.0 Å². The summed E-state index contributed by atoms with van der Waals surface area (Å²) >= 11 is 5.43. The molecule has 0 aliphatic carbocycles. The molecule has 3 N–H and O–H groups in total. The lowest BCUT2D eigenvalue weighted by molar-refractivity contribution is 0.102. The molecule has 0 atom stereocenters. The van der Waals surface area contributed by atoms with Crippen molar-refractivity contribution >= 4 is 34.6 Å². The SMILES string of the molecule is CC(C)(NC(=S)Nc1ccc(NC(=O)c2ccccc2F)cc1)c1ccccc1. The maximum Gasteiger partial charge on any atom is 0.258 e. The molecule has 4 nitrogen and oxygen atoms in total. The molecular formula is C23H22FN3OS. The molecule has 3 aromatic carbocycles. The number of hydrogen-bond acceptors (Lipinski definition) is 2. The highest BCUT2D eigenvalue weighted by molar-refractivity contribution is 7.80. The molecule has 0 spiro atoms. The fourth-order valence-electron chi connectivity index (χ4n) is 2.85. The van der Waals surface area contributed by atoms with Gasteiger partial charge in [-0.25, -0.2) is 4.39 Å². The van der Waals surface area contributed by atoms with Crippen molar-refractivity contribution in [3.63, 3.8) is 0 Å². The first-order chi connectivity index (χ1) is 13.8. The van der Waals surface area contributed by atoms with Gasteiger partial charge < -0.3 is 16.0 Å². The summed E-state index contributed by atoms with van der Waals surface area (Å²) in [5.74, 6) is -1.05. The van der Waals surface area contributed by atoms with Crippen molar-refractivity contribution in [2.75, 3.05) is 10.6 Å². The van der Waals surface area contributed by atoms with Crippen molar-refractivity contribution in [3.8, 4) is 0 Å². The van der Waals surface area contributed by atoms with Gasteiger partial charge in [-0.2, -0.15) is 0 Å². The Labute approximate surface area is 175 Å². The van der Waals surface area contributed by atoms with Crippen LogP contribution in [0.25, 0.3) is 0 Å². The number of thiocarbonyl (C=S) groups is 1. The number of amides is 1. The first kappa shape index (κ1) is 20.5. The van der Waals surface area contributed by atoms with Crippen molar-refractivity contribution in [1.82, 2.24) is 5.32 Å². The third-order valence-electron chi connectivity index (χ3n) is 4.44. The maximum atomic E-state index is 13.7. The minimum atomic E-state index is -0.555. The van der Waals surface area contributed by atoms with Gasteiger partial charge in [0.05, 0.1) is 11.1 Å². The van der Waals surface area contributed by atoms with Gasteiger partial charge in [-0.1, -0.05) is 42.5 Å². The van der Waals surface area contributed by atoms with E-state index >= 15 is 0 Å². The zero-order chi connectivity index (χ0) is 20.9. The summed E-state index contributed by atoms with van der Waals surface area (Å²) in [4.78, 5) is 12.2. The molecule has 0 unspecified atom stereocenters. The Kier molecular flexibility index (Phi) is 6.24. The Balaban J connectivity index is 1.60. The number of hydrogen-bond donors (Lipinski definition) is 3. The molecule has 3 aromatic rings. The summed E-state index contributed by atoms with van der Waals surface area (Å²) in [5.41, 5.74) is 2.13. The first-order valence-corrected chi connectivity index (χ1v) is 9.56. The van der Waals surface area contributed by atoms with Gasteiger partial charge in [0.25, 0.3) is 5.91 Å². The van der Waals surface area contributed by atoms with Gasteiger partial charge in [0, 0.05) is 11.4 Å². The lowest BCUT2D eigenvalue weighted by Gasteiger charge is -2.28. The monoisotopic (exact) mass is 407 g/mol. The molecule has 29 heavy (non-hydrogen) atoms. The molecule has 0 aromatic heterocycles. The van der Waals surface area contributed by atoms with Crippen molar-refractivity contribution < 1.29 is 9.18 Å². The molecule has 0 saturated carbocycles. The number of carbonyl (C=O) groups excluding carboxylic acids is 1. The van der Waals surface area contributed by atoms with E-state index in [1.807, 2.05) is 30.3 Å². The molecule has 0 aliphatic rings. The molecular weight excluding hydrogens is 385 g/mol. The topological polar surface area (TPSA) is 53.2 Å². The predicted octanol–water partition coefficient (Wildman–Crippen LogP) is 5.30. The van der Waals surface area contributed by atoms with E-state index in [2.05, 4.69) is 29.8 Å². The molecule has 0 aliphatic heterocycles. The van der Waals surface area contributed by atoms with Crippen molar-refractivity contribution in [2.24, 2.45) is 0 Å². The van der Waals surface area contributed by atoms with E-state index in [0.717, 1.165) is 11.3 Å². The van der Waals surface area contributed by atoms with Gasteiger partial charge >= 0.3 is 0 Å². The van der Waals surface area contributed by atoms with E-state index in [0.29, 0.717) is 10.8 Å². The Bertz CT molecular complexity index is 1000. The molecule has 1 amide bonds. The smallest absolute Gasteiger partial charge is 0.258 e.